The van der Waals surface area contributed by atoms with Crippen LogP contribution < -0.4 is 0 Å². The molecule has 22 rings (SSSR count). The van der Waals surface area contributed by atoms with Crippen LogP contribution in [0.2, 0.25) is 0 Å². The van der Waals surface area contributed by atoms with E-state index < -0.39 is 0 Å². The van der Waals surface area contributed by atoms with E-state index in [-0.39, 0.29) is 0 Å². The van der Waals surface area contributed by atoms with Gasteiger partial charge in [0.05, 0.1) is 31.8 Å². The average Bonchev–Trinajstić information content (AvgIpc) is 1.57. The maximum atomic E-state index is 6.95. The van der Waals surface area contributed by atoms with E-state index in [4.69, 9.17) is 58.7 Å². The lowest BCUT2D eigenvalue weighted by molar-refractivity contribution is 0.669. The van der Waals surface area contributed by atoms with Crippen LogP contribution in [0.4, 0.5) is 0 Å². The van der Waals surface area contributed by atoms with Crippen molar-refractivity contribution in [1.29, 1.82) is 0 Å². The van der Waals surface area contributed by atoms with Gasteiger partial charge in [0.15, 0.2) is 46.6 Å². The third-order valence-electron chi connectivity index (χ3n) is 20.8. The van der Waals surface area contributed by atoms with E-state index in [2.05, 4.69) is 218 Å². The van der Waals surface area contributed by atoms with Gasteiger partial charge in [0.1, 0.15) is 22.3 Å². The lowest BCUT2D eigenvalue weighted by Gasteiger charge is -2.11. The van der Waals surface area contributed by atoms with Crippen molar-refractivity contribution >= 4 is 107 Å². The summed E-state index contributed by atoms with van der Waals surface area (Å²) < 4.78 is 18.0. The van der Waals surface area contributed by atoms with E-state index >= 15 is 0 Å². The summed E-state index contributed by atoms with van der Waals surface area (Å²) in [5.41, 5.74) is 21.6. The molecule has 112 heavy (non-hydrogen) atoms. The largest absolute Gasteiger partial charge is 0.455 e. The van der Waals surface area contributed by atoms with Crippen molar-refractivity contribution in [2.75, 3.05) is 0 Å². The molecule has 522 valence electrons. The standard InChI is InChI=1S/C98H56N10O2S2/c1-5-22-57(23-6-1)63-30-17-33-66(52-63)95-101-85-75-37-14-16-43-82(75)112-90(85)86(102-95)76-41-21-40-73-78-56-70(49-51-80(78)110-88(73)76)98-107-93(62-28-11-4-12-29-62)104-96(108-98)68-35-19-32-65(54-68)64-31-18-34-67(53-64)94-99-83(89-84(100-94)74-36-13-15-42-81(74)111-89)59-46-44-58(45-47-59)71-38-20-39-72-77-55-69(48-50-79(77)109-87(71)72)97-105-91(60-24-7-2-8-25-60)103-92(106-97)61-26-9-3-10-27-61/h1-56H. The van der Waals surface area contributed by atoms with Crippen molar-refractivity contribution in [3.63, 3.8) is 0 Å². The first-order valence-corrected chi connectivity index (χ1v) is 38.5. The summed E-state index contributed by atoms with van der Waals surface area (Å²) >= 11 is 3.41. The molecule has 0 unspecified atom stereocenters. The lowest BCUT2D eigenvalue weighted by atomic mass is 9.99. The van der Waals surface area contributed by atoms with Crippen LogP contribution in [0.15, 0.2) is 349 Å². The minimum Gasteiger partial charge on any atom is -0.455 e. The molecule has 14 aromatic carbocycles. The summed E-state index contributed by atoms with van der Waals surface area (Å²) in [5.74, 6) is 4.68. The number of furan rings is 2. The van der Waals surface area contributed by atoms with E-state index in [0.29, 0.717) is 46.6 Å². The Bertz CT molecular complexity index is 7450. The lowest BCUT2D eigenvalue weighted by Crippen LogP contribution is -2.00. The topological polar surface area (TPSA) is 155 Å². The fraction of sp³-hybridized carbons (Fsp3) is 0. The first-order chi connectivity index (χ1) is 55.4. The number of para-hydroxylation sites is 2. The third kappa shape index (κ3) is 11.3. The van der Waals surface area contributed by atoms with E-state index in [1.54, 1.807) is 22.7 Å². The minimum absolute atomic E-state index is 0.528. The summed E-state index contributed by atoms with van der Waals surface area (Å²) in [6, 6.07) is 117. The second kappa shape index (κ2) is 26.6. The van der Waals surface area contributed by atoms with Gasteiger partial charge in [-0.15, -0.1) is 22.7 Å². The molecule has 12 nitrogen and oxygen atoms in total. The van der Waals surface area contributed by atoms with Gasteiger partial charge in [-0.25, -0.2) is 49.8 Å². The Labute approximate surface area is 648 Å². The van der Waals surface area contributed by atoms with Crippen LogP contribution in [-0.2, 0) is 0 Å². The number of thiophene rings is 2. The highest BCUT2D eigenvalue weighted by Gasteiger charge is 2.25. The summed E-state index contributed by atoms with van der Waals surface area (Å²) in [5, 5.41) is 6.01. The predicted molar refractivity (Wildman–Crippen MR) is 455 cm³/mol. The normalized spacial score (nSPS) is 11.8. The number of hydrogen-bond donors (Lipinski definition) is 0. The molecule has 0 aliphatic heterocycles. The van der Waals surface area contributed by atoms with Crippen LogP contribution in [0.25, 0.3) is 231 Å². The van der Waals surface area contributed by atoms with Gasteiger partial charge >= 0.3 is 0 Å². The number of benzene rings is 14. The molecule has 0 saturated heterocycles. The molecule has 14 heteroatoms. The molecule has 8 heterocycles. The molecule has 0 atom stereocenters. The molecule has 0 spiro atoms. The van der Waals surface area contributed by atoms with Gasteiger partial charge in [-0.3, -0.25) is 0 Å². The molecule has 22 aromatic rings. The summed E-state index contributed by atoms with van der Waals surface area (Å²) in [7, 11) is 0. The monoisotopic (exact) mass is 1470 g/mol. The number of rotatable bonds is 13. The van der Waals surface area contributed by atoms with Gasteiger partial charge in [-0.05, 0) is 101 Å². The van der Waals surface area contributed by atoms with Gasteiger partial charge in [-0.2, -0.15) is 0 Å². The minimum atomic E-state index is 0.528. The van der Waals surface area contributed by atoms with Crippen molar-refractivity contribution in [3.8, 4) is 147 Å². The van der Waals surface area contributed by atoms with Crippen molar-refractivity contribution < 1.29 is 8.83 Å². The number of fused-ring (bicyclic) bond motifs is 12. The molecular formula is C98H56N10O2S2. The van der Waals surface area contributed by atoms with Gasteiger partial charge in [0.25, 0.3) is 0 Å². The highest BCUT2D eigenvalue weighted by Crippen LogP contribution is 2.47. The number of hydrogen-bond acceptors (Lipinski definition) is 14. The molecule has 0 amide bonds. The second-order valence-corrected chi connectivity index (χ2v) is 29.8. The molecular weight excluding hydrogens is 1410 g/mol. The zero-order chi connectivity index (χ0) is 73.7. The van der Waals surface area contributed by atoms with Crippen molar-refractivity contribution in [2.45, 2.75) is 0 Å². The molecule has 0 saturated carbocycles. The van der Waals surface area contributed by atoms with Crippen molar-refractivity contribution in [2.24, 2.45) is 0 Å². The molecule has 0 bridgehead atoms. The first kappa shape index (κ1) is 64.5. The average molecular weight is 1470 g/mol. The molecule has 0 N–H and O–H groups in total. The van der Waals surface area contributed by atoms with E-state index in [0.717, 1.165) is 185 Å². The van der Waals surface area contributed by atoms with Crippen LogP contribution in [0.1, 0.15) is 0 Å². The smallest absolute Gasteiger partial charge is 0.164 e. The van der Waals surface area contributed by atoms with Crippen LogP contribution in [0.3, 0.4) is 0 Å². The Hall–Kier alpha value is -14.7. The highest BCUT2D eigenvalue weighted by atomic mass is 32.1. The molecule has 0 fully saturated rings. The zero-order valence-electron chi connectivity index (χ0n) is 59.4. The van der Waals surface area contributed by atoms with Crippen LogP contribution in [0, 0.1) is 0 Å². The maximum absolute atomic E-state index is 6.95. The summed E-state index contributed by atoms with van der Waals surface area (Å²) in [4.78, 5) is 52.4. The predicted octanol–water partition coefficient (Wildman–Crippen LogP) is 25.8. The first-order valence-electron chi connectivity index (χ1n) is 36.9. The summed E-state index contributed by atoms with van der Waals surface area (Å²) in [6.07, 6.45) is 0. The van der Waals surface area contributed by atoms with Gasteiger partial charge < -0.3 is 8.83 Å². The Morgan fingerprint density at radius 3 is 0.964 bits per heavy atom. The Balaban J connectivity index is 0.595. The fourth-order valence-corrected chi connectivity index (χ4v) is 17.6. The van der Waals surface area contributed by atoms with Crippen LogP contribution >= 0.6 is 22.7 Å². The Morgan fingerprint density at radius 1 is 0.188 bits per heavy atom. The van der Waals surface area contributed by atoms with Gasteiger partial charge in [0, 0.05) is 103 Å². The maximum Gasteiger partial charge on any atom is 0.164 e. The molecule has 0 aliphatic rings. The van der Waals surface area contributed by atoms with Gasteiger partial charge in [0.2, 0.25) is 0 Å². The zero-order valence-corrected chi connectivity index (χ0v) is 61.1. The second-order valence-electron chi connectivity index (χ2n) is 27.7. The number of nitrogens with zero attached hydrogens (tertiary/aromatic N) is 10. The van der Waals surface area contributed by atoms with Gasteiger partial charge in [-0.1, -0.05) is 267 Å². The number of aromatic nitrogens is 10. The highest BCUT2D eigenvalue weighted by molar-refractivity contribution is 7.26. The van der Waals surface area contributed by atoms with E-state index in [9.17, 15) is 0 Å². The molecule has 8 aromatic heterocycles. The molecule has 0 aliphatic carbocycles. The summed E-state index contributed by atoms with van der Waals surface area (Å²) in [6.45, 7) is 0. The molecule has 0 radical (unpaired) electrons. The van der Waals surface area contributed by atoms with Crippen molar-refractivity contribution in [1.82, 2.24) is 49.8 Å². The van der Waals surface area contributed by atoms with Crippen LogP contribution in [0.5, 0.6) is 0 Å². The van der Waals surface area contributed by atoms with E-state index in [1.807, 2.05) is 121 Å². The fourth-order valence-electron chi connectivity index (χ4n) is 15.3. The van der Waals surface area contributed by atoms with Crippen molar-refractivity contribution in [3.05, 3.63) is 340 Å². The van der Waals surface area contributed by atoms with E-state index in [1.165, 1.54) is 0 Å². The quantitative estimate of drug-likeness (QED) is 0.108. The Morgan fingerprint density at radius 2 is 0.500 bits per heavy atom. The SMILES string of the molecule is c1ccc(-c2cccc(-c3nc(-c4cccc5c4oc4ccc(-c6nc(-c7ccccc7)nc(-c7cccc(-c8cccc(-c9nc(-c%10ccc(-c%11cccc%12c%11oc%11ccc(-c%13nc(-c%14ccccc%14)nc(-c%14ccccc%14)n%13)cc%11%12)cc%10)c%10sc%11ccccc%11c%10n9)c8)c7)n6)cc45)c4sc5ccccc5c4n3)c2)cc1. The third-order valence-corrected chi connectivity index (χ3v) is 23.2. The Kier molecular flexibility index (Phi) is 15.3. The van der Waals surface area contributed by atoms with Crippen LogP contribution in [-0.4, -0.2) is 49.8 Å².